The van der Waals surface area contributed by atoms with Gasteiger partial charge in [0.1, 0.15) is 30.3 Å². The van der Waals surface area contributed by atoms with Crippen LogP contribution in [0.15, 0.2) is 95.0 Å². The lowest BCUT2D eigenvalue weighted by Gasteiger charge is -2.26. The summed E-state index contributed by atoms with van der Waals surface area (Å²) in [6.07, 6.45) is 1.43. The van der Waals surface area contributed by atoms with Gasteiger partial charge in [0.05, 0.1) is 5.69 Å². The summed E-state index contributed by atoms with van der Waals surface area (Å²) in [7, 11) is 0. The molecule has 1 heterocycles. The Hall–Kier alpha value is -4.40. The Labute approximate surface area is 256 Å². The molecule has 0 spiro atoms. The highest BCUT2D eigenvalue weighted by Gasteiger charge is 2.37. The molecule has 0 saturated carbocycles. The number of urea groups is 1. The molecule has 4 aromatic carbocycles. The molecule has 212 valence electrons. The number of ether oxygens (including phenoxy) is 2. The number of hydrogen-bond acceptors (Lipinski definition) is 5. The van der Waals surface area contributed by atoms with Gasteiger partial charge in [-0.2, -0.15) is 0 Å². The van der Waals surface area contributed by atoms with E-state index in [1.807, 2.05) is 50.2 Å². The third-order valence-corrected chi connectivity index (χ3v) is 7.36. The predicted octanol–water partition coefficient (Wildman–Crippen LogP) is 7.54. The number of aryl methyl sites for hydroxylation is 2. The Kier molecular flexibility index (Phi) is 8.75. The molecule has 1 saturated heterocycles. The number of anilines is 1. The fourth-order valence-corrected chi connectivity index (χ4v) is 5.16. The summed E-state index contributed by atoms with van der Waals surface area (Å²) >= 11 is 9.64. The Balaban J connectivity index is 1.37. The van der Waals surface area contributed by atoms with E-state index in [2.05, 4.69) is 27.3 Å². The maximum Gasteiger partial charge on any atom is 0.335 e. The van der Waals surface area contributed by atoms with Gasteiger partial charge in [-0.3, -0.25) is 14.9 Å². The summed E-state index contributed by atoms with van der Waals surface area (Å²) in [5, 5.41) is 2.86. The minimum atomic E-state index is -0.840. The zero-order valence-electron chi connectivity index (χ0n) is 22.8. The summed E-state index contributed by atoms with van der Waals surface area (Å²) in [5.74, 6) is -0.543. The highest BCUT2D eigenvalue weighted by atomic mass is 79.9. The average molecular weight is 646 g/mol. The van der Waals surface area contributed by atoms with E-state index >= 15 is 0 Å². The van der Waals surface area contributed by atoms with Gasteiger partial charge < -0.3 is 9.47 Å². The number of benzene rings is 4. The van der Waals surface area contributed by atoms with Crippen molar-refractivity contribution < 1.29 is 23.9 Å². The summed E-state index contributed by atoms with van der Waals surface area (Å²) < 4.78 is 12.6. The van der Waals surface area contributed by atoms with Crippen LogP contribution in [0.4, 0.5) is 10.5 Å². The van der Waals surface area contributed by atoms with Gasteiger partial charge in [-0.25, -0.2) is 9.69 Å². The smallest absolute Gasteiger partial charge is 0.335 e. The highest BCUT2D eigenvalue weighted by molar-refractivity contribution is 9.10. The Morgan fingerprint density at radius 2 is 1.57 bits per heavy atom. The van der Waals surface area contributed by atoms with Crippen molar-refractivity contribution in [2.45, 2.75) is 27.1 Å². The summed E-state index contributed by atoms with van der Waals surface area (Å²) in [4.78, 5) is 40.0. The molecule has 5 rings (SSSR count). The van der Waals surface area contributed by atoms with E-state index in [4.69, 9.17) is 21.1 Å². The monoisotopic (exact) mass is 644 g/mol. The number of nitrogens with one attached hydrogen (secondary N) is 1. The van der Waals surface area contributed by atoms with E-state index in [1.54, 1.807) is 42.5 Å². The number of amides is 4. The van der Waals surface area contributed by atoms with Crippen molar-refractivity contribution in [3.8, 4) is 11.5 Å². The first-order valence-corrected chi connectivity index (χ1v) is 14.2. The van der Waals surface area contributed by atoms with Gasteiger partial charge in [0, 0.05) is 20.6 Å². The molecule has 0 radical (unpaired) electrons. The van der Waals surface area contributed by atoms with Gasteiger partial charge in [0.25, 0.3) is 11.8 Å². The van der Waals surface area contributed by atoms with Gasteiger partial charge in [-0.05, 0) is 74.0 Å². The molecule has 7 nitrogen and oxygen atoms in total. The van der Waals surface area contributed by atoms with Crippen molar-refractivity contribution in [3.05, 3.63) is 128 Å². The zero-order valence-corrected chi connectivity index (χ0v) is 25.2. The summed E-state index contributed by atoms with van der Waals surface area (Å²) in [5.41, 5.74) is 4.65. The minimum Gasteiger partial charge on any atom is -0.489 e. The van der Waals surface area contributed by atoms with Gasteiger partial charge in [-0.15, -0.1) is 0 Å². The first-order chi connectivity index (χ1) is 20.2. The normalized spacial score (nSPS) is 14.2. The van der Waals surface area contributed by atoms with Crippen LogP contribution in [0.1, 0.15) is 27.8 Å². The molecular formula is C33H26BrClN2O5. The number of carbonyl (C=O) groups excluding carboxylic acids is 3. The van der Waals surface area contributed by atoms with Crippen molar-refractivity contribution in [2.75, 3.05) is 4.90 Å². The van der Waals surface area contributed by atoms with E-state index in [9.17, 15) is 14.4 Å². The van der Waals surface area contributed by atoms with Crippen LogP contribution < -0.4 is 19.7 Å². The molecule has 1 aliphatic rings. The van der Waals surface area contributed by atoms with Crippen LogP contribution >= 0.6 is 27.5 Å². The first-order valence-electron chi connectivity index (χ1n) is 13.1. The fourth-order valence-electron chi connectivity index (χ4n) is 4.59. The second kappa shape index (κ2) is 12.6. The number of nitrogens with zero attached hydrogens (tertiary/aromatic N) is 1. The second-order valence-electron chi connectivity index (χ2n) is 9.80. The van der Waals surface area contributed by atoms with E-state index in [-0.39, 0.29) is 17.9 Å². The van der Waals surface area contributed by atoms with Crippen molar-refractivity contribution in [1.82, 2.24) is 5.32 Å². The topological polar surface area (TPSA) is 84.9 Å². The molecule has 4 aromatic rings. The van der Waals surface area contributed by atoms with Crippen LogP contribution in [0, 0.1) is 13.8 Å². The van der Waals surface area contributed by atoms with E-state index in [0.29, 0.717) is 28.7 Å². The minimum absolute atomic E-state index is 0.206. The molecule has 4 amide bonds. The molecule has 1 fully saturated rings. The molecule has 42 heavy (non-hydrogen) atoms. The Morgan fingerprint density at radius 1 is 0.857 bits per heavy atom. The van der Waals surface area contributed by atoms with Crippen LogP contribution in [-0.4, -0.2) is 17.8 Å². The number of imide groups is 2. The first kappa shape index (κ1) is 29.1. The highest BCUT2D eigenvalue weighted by Crippen LogP contribution is 2.30. The zero-order chi connectivity index (χ0) is 29.8. The van der Waals surface area contributed by atoms with E-state index < -0.39 is 17.8 Å². The van der Waals surface area contributed by atoms with E-state index in [1.165, 1.54) is 6.08 Å². The molecule has 0 aromatic heterocycles. The van der Waals surface area contributed by atoms with Crippen LogP contribution in [0.25, 0.3) is 6.08 Å². The van der Waals surface area contributed by atoms with Gasteiger partial charge in [0.15, 0.2) is 0 Å². The molecule has 0 bridgehead atoms. The quantitative estimate of drug-likeness (QED) is 0.158. The SMILES string of the molecule is Cc1cc(C)cc(COc2ccc(Br)cc2/C=C2\C(=O)NC(=O)N(c3ccc(OCc4ccccc4Cl)cc3)C2=O)c1. The number of hydrogen-bond donors (Lipinski definition) is 1. The van der Waals surface area contributed by atoms with Crippen molar-refractivity contribution in [2.24, 2.45) is 0 Å². The summed E-state index contributed by atoms with van der Waals surface area (Å²) in [6, 6.07) is 24.4. The van der Waals surface area contributed by atoms with Crippen LogP contribution in [0.5, 0.6) is 11.5 Å². The standard InChI is InChI=1S/C33H26BrClN2O5/c1-20-13-21(2)15-22(14-20)18-42-30-12-7-25(34)16-24(30)17-28-31(38)36-33(40)37(32(28)39)26-8-10-27(11-9-26)41-19-23-5-3-4-6-29(23)35/h3-17H,18-19H2,1-2H3,(H,36,38,40)/b28-17+. The maximum atomic E-state index is 13.5. The number of barbiturate groups is 1. The predicted molar refractivity (Wildman–Crippen MR) is 166 cm³/mol. The number of rotatable bonds is 8. The number of carbonyl (C=O) groups is 3. The average Bonchev–Trinajstić information content (AvgIpc) is 2.94. The molecular weight excluding hydrogens is 620 g/mol. The Morgan fingerprint density at radius 3 is 2.29 bits per heavy atom. The molecule has 1 aliphatic heterocycles. The molecule has 9 heteroatoms. The van der Waals surface area contributed by atoms with Crippen molar-refractivity contribution in [3.63, 3.8) is 0 Å². The van der Waals surface area contributed by atoms with Crippen LogP contribution in [0.2, 0.25) is 5.02 Å². The molecule has 1 N–H and O–H groups in total. The van der Waals surface area contributed by atoms with Gasteiger partial charge in [-0.1, -0.05) is 75.1 Å². The third kappa shape index (κ3) is 6.73. The van der Waals surface area contributed by atoms with Crippen LogP contribution in [0.3, 0.4) is 0 Å². The van der Waals surface area contributed by atoms with E-state index in [0.717, 1.165) is 31.6 Å². The van der Waals surface area contributed by atoms with Crippen molar-refractivity contribution in [1.29, 1.82) is 0 Å². The molecule has 0 atom stereocenters. The maximum absolute atomic E-state index is 13.5. The fraction of sp³-hybridized carbons (Fsp3) is 0.121. The summed E-state index contributed by atoms with van der Waals surface area (Å²) in [6.45, 7) is 4.60. The Bertz CT molecular complexity index is 1700. The molecule has 0 unspecified atom stereocenters. The molecule has 0 aliphatic carbocycles. The largest absolute Gasteiger partial charge is 0.489 e. The van der Waals surface area contributed by atoms with Gasteiger partial charge >= 0.3 is 6.03 Å². The lowest BCUT2D eigenvalue weighted by molar-refractivity contribution is -0.122. The lowest BCUT2D eigenvalue weighted by Crippen LogP contribution is -2.54. The second-order valence-corrected chi connectivity index (χ2v) is 11.1. The van der Waals surface area contributed by atoms with Crippen LogP contribution in [-0.2, 0) is 22.8 Å². The number of halogens is 2. The lowest BCUT2D eigenvalue weighted by atomic mass is 10.1. The van der Waals surface area contributed by atoms with Crippen molar-refractivity contribution >= 4 is 57.1 Å². The third-order valence-electron chi connectivity index (χ3n) is 6.50. The van der Waals surface area contributed by atoms with Gasteiger partial charge in [0.2, 0.25) is 0 Å².